The molecule has 1 heterocycles. The largest absolute Gasteiger partial charge is 0.391 e. The number of amides is 1. The second-order valence-corrected chi connectivity index (χ2v) is 6.11. The molecular weight excluding hydrogens is 230 g/mol. The third-order valence-electron chi connectivity index (χ3n) is 4.70. The van der Waals surface area contributed by atoms with Crippen LogP contribution in [-0.4, -0.2) is 36.9 Å². The lowest BCUT2D eigenvalue weighted by atomic mass is 9.94. The molecule has 3 fully saturated rings. The minimum atomic E-state index is -0.407. The molecule has 1 aliphatic heterocycles. The van der Waals surface area contributed by atoms with Crippen LogP contribution < -0.4 is 5.32 Å². The molecule has 3 unspecified atom stereocenters. The average Bonchev–Trinajstić information content (AvgIpc) is 3.28. The molecule has 4 nitrogen and oxygen atoms in total. The summed E-state index contributed by atoms with van der Waals surface area (Å²) in [5.41, 5.74) is 0. The van der Waals surface area contributed by atoms with Gasteiger partial charge in [0.15, 0.2) is 0 Å². The molecule has 18 heavy (non-hydrogen) atoms. The Kier molecular flexibility index (Phi) is 3.57. The predicted molar refractivity (Wildman–Crippen MR) is 66.9 cm³/mol. The highest BCUT2D eigenvalue weighted by atomic mass is 16.5. The van der Waals surface area contributed by atoms with Crippen molar-refractivity contribution in [3.63, 3.8) is 0 Å². The lowest BCUT2D eigenvalue weighted by molar-refractivity contribution is -0.123. The number of hydrogen-bond donors (Lipinski definition) is 2. The van der Waals surface area contributed by atoms with Crippen LogP contribution in [0, 0.1) is 23.7 Å². The Morgan fingerprint density at radius 1 is 1.28 bits per heavy atom. The monoisotopic (exact) mass is 253 g/mol. The molecule has 0 radical (unpaired) electrons. The van der Waals surface area contributed by atoms with Crippen molar-refractivity contribution in [1.29, 1.82) is 0 Å². The first-order chi connectivity index (χ1) is 8.75. The van der Waals surface area contributed by atoms with Gasteiger partial charge in [-0.2, -0.15) is 0 Å². The zero-order chi connectivity index (χ0) is 12.5. The summed E-state index contributed by atoms with van der Waals surface area (Å²) < 4.78 is 5.27. The van der Waals surface area contributed by atoms with Crippen LogP contribution in [0.1, 0.15) is 32.1 Å². The van der Waals surface area contributed by atoms with E-state index in [-0.39, 0.29) is 17.7 Å². The SMILES string of the molecule is O=C(NCC(O)C1CCOCC1)C1CC1C1CC1. The average molecular weight is 253 g/mol. The quantitative estimate of drug-likeness (QED) is 0.766. The van der Waals surface area contributed by atoms with Gasteiger partial charge < -0.3 is 15.2 Å². The Morgan fingerprint density at radius 3 is 2.67 bits per heavy atom. The summed E-state index contributed by atoms with van der Waals surface area (Å²) in [6, 6.07) is 0. The molecule has 3 atom stereocenters. The van der Waals surface area contributed by atoms with Crippen LogP contribution in [0.2, 0.25) is 0 Å². The topological polar surface area (TPSA) is 58.6 Å². The predicted octanol–water partition coefficient (Wildman–Crippen LogP) is 0.936. The number of ether oxygens (including phenoxy) is 1. The number of carbonyl (C=O) groups is 1. The third-order valence-corrected chi connectivity index (χ3v) is 4.70. The van der Waals surface area contributed by atoms with Gasteiger partial charge in [-0.3, -0.25) is 4.79 Å². The molecule has 2 N–H and O–H groups in total. The summed E-state index contributed by atoms with van der Waals surface area (Å²) in [7, 11) is 0. The van der Waals surface area contributed by atoms with Gasteiger partial charge in [-0.25, -0.2) is 0 Å². The van der Waals surface area contributed by atoms with Crippen LogP contribution in [0.15, 0.2) is 0 Å². The van der Waals surface area contributed by atoms with E-state index in [4.69, 9.17) is 4.74 Å². The first kappa shape index (κ1) is 12.4. The van der Waals surface area contributed by atoms with Crippen molar-refractivity contribution >= 4 is 5.91 Å². The molecule has 1 saturated heterocycles. The third kappa shape index (κ3) is 2.86. The van der Waals surface area contributed by atoms with Gasteiger partial charge in [-0.05, 0) is 49.9 Å². The maximum absolute atomic E-state index is 11.9. The lowest BCUT2D eigenvalue weighted by Gasteiger charge is -2.26. The fraction of sp³-hybridized carbons (Fsp3) is 0.929. The Labute approximate surface area is 108 Å². The summed E-state index contributed by atoms with van der Waals surface area (Å²) in [6.07, 6.45) is 5.12. The standard InChI is InChI=1S/C14H23NO3/c16-13(10-3-5-18-6-4-10)8-15-14(17)12-7-11(12)9-1-2-9/h9-13,16H,1-8H2,(H,15,17). The zero-order valence-corrected chi connectivity index (χ0v) is 10.8. The molecule has 2 aliphatic carbocycles. The van der Waals surface area contributed by atoms with Crippen molar-refractivity contribution in [1.82, 2.24) is 5.32 Å². The molecule has 0 bridgehead atoms. The summed E-state index contributed by atoms with van der Waals surface area (Å²) in [6.45, 7) is 1.89. The van der Waals surface area contributed by atoms with E-state index >= 15 is 0 Å². The van der Waals surface area contributed by atoms with Gasteiger partial charge >= 0.3 is 0 Å². The molecular formula is C14H23NO3. The van der Waals surface area contributed by atoms with Gasteiger partial charge in [0.2, 0.25) is 5.91 Å². The Bertz CT molecular complexity index is 310. The molecule has 3 rings (SSSR count). The van der Waals surface area contributed by atoms with Crippen molar-refractivity contribution in [2.24, 2.45) is 23.7 Å². The smallest absolute Gasteiger partial charge is 0.223 e. The van der Waals surface area contributed by atoms with Gasteiger partial charge in [0, 0.05) is 25.7 Å². The van der Waals surface area contributed by atoms with Crippen LogP contribution >= 0.6 is 0 Å². The summed E-state index contributed by atoms with van der Waals surface area (Å²) in [4.78, 5) is 11.9. The van der Waals surface area contributed by atoms with Gasteiger partial charge in [0.1, 0.15) is 0 Å². The van der Waals surface area contributed by atoms with Crippen LogP contribution in [-0.2, 0) is 9.53 Å². The second kappa shape index (κ2) is 5.17. The van der Waals surface area contributed by atoms with Crippen LogP contribution in [0.3, 0.4) is 0 Å². The van der Waals surface area contributed by atoms with E-state index in [1.807, 2.05) is 0 Å². The van der Waals surface area contributed by atoms with Crippen molar-refractivity contribution < 1.29 is 14.6 Å². The molecule has 3 aliphatic rings. The Morgan fingerprint density at radius 2 is 2.00 bits per heavy atom. The lowest BCUT2D eigenvalue weighted by Crippen LogP contribution is -2.39. The van der Waals surface area contributed by atoms with E-state index < -0.39 is 6.10 Å². The fourth-order valence-corrected chi connectivity index (χ4v) is 3.16. The van der Waals surface area contributed by atoms with E-state index in [2.05, 4.69) is 5.32 Å². The molecule has 0 aromatic carbocycles. The number of rotatable bonds is 5. The van der Waals surface area contributed by atoms with Crippen LogP contribution in [0.4, 0.5) is 0 Å². The molecule has 0 aromatic heterocycles. The highest BCUT2D eigenvalue weighted by Gasteiger charge is 2.51. The Balaban J connectivity index is 1.36. The highest BCUT2D eigenvalue weighted by molar-refractivity contribution is 5.81. The molecule has 102 valence electrons. The maximum atomic E-state index is 11.9. The molecule has 4 heteroatoms. The van der Waals surface area contributed by atoms with Crippen molar-refractivity contribution in [2.75, 3.05) is 19.8 Å². The van der Waals surface area contributed by atoms with E-state index in [0.717, 1.165) is 38.4 Å². The van der Waals surface area contributed by atoms with E-state index in [1.54, 1.807) is 0 Å². The minimum absolute atomic E-state index is 0.165. The summed E-state index contributed by atoms with van der Waals surface area (Å²) in [5, 5.41) is 13.0. The van der Waals surface area contributed by atoms with Gasteiger partial charge in [-0.15, -0.1) is 0 Å². The molecule has 0 spiro atoms. The molecule has 0 aromatic rings. The summed E-state index contributed by atoms with van der Waals surface area (Å²) in [5.74, 6) is 2.20. The first-order valence-corrected chi connectivity index (χ1v) is 7.29. The maximum Gasteiger partial charge on any atom is 0.223 e. The van der Waals surface area contributed by atoms with Crippen molar-refractivity contribution in [3.05, 3.63) is 0 Å². The number of hydrogen-bond acceptors (Lipinski definition) is 3. The van der Waals surface area contributed by atoms with Crippen molar-refractivity contribution in [2.45, 2.75) is 38.2 Å². The Hall–Kier alpha value is -0.610. The fourth-order valence-electron chi connectivity index (χ4n) is 3.16. The number of aliphatic hydroxyl groups excluding tert-OH is 1. The second-order valence-electron chi connectivity index (χ2n) is 6.11. The first-order valence-electron chi connectivity index (χ1n) is 7.29. The van der Waals surface area contributed by atoms with Crippen LogP contribution in [0.5, 0.6) is 0 Å². The number of nitrogens with one attached hydrogen (secondary N) is 1. The normalized spacial score (nSPS) is 34.1. The van der Waals surface area contributed by atoms with Gasteiger partial charge in [0.05, 0.1) is 6.10 Å². The number of aliphatic hydroxyl groups is 1. The van der Waals surface area contributed by atoms with E-state index in [0.29, 0.717) is 12.5 Å². The highest BCUT2D eigenvalue weighted by Crippen LogP contribution is 2.54. The van der Waals surface area contributed by atoms with Gasteiger partial charge in [0.25, 0.3) is 0 Å². The van der Waals surface area contributed by atoms with E-state index in [9.17, 15) is 9.90 Å². The minimum Gasteiger partial charge on any atom is -0.391 e. The van der Waals surface area contributed by atoms with Gasteiger partial charge in [-0.1, -0.05) is 0 Å². The number of carbonyl (C=O) groups excluding carboxylic acids is 1. The molecule has 1 amide bonds. The summed E-state index contributed by atoms with van der Waals surface area (Å²) >= 11 is 0. The molecule has 2 saturated carbocycles. The van der Waals surface area contributed by atoms with Crippen molar-refractivity contribution in [3.8, 4) is 0 Å². The zero-order valence-electron chi connectivity index (χ0n) is 10.8. The van der Waals surface area contributed by atoms with E-state index in [1.165, 1.54) is 12.8 Å². The van der Waals surface area contributed by atoms with Crippen LogP contribution in [0.25, 0.3) is 0 Å².